The first-order valence-electron chi connectivity index (χ1n) is 13.4. The fourth-order valence-corrected chi connectivity index (χ4v) is 3.75. The van der Waals surface area contributed by atoms with E-state index in [4.69, 9.17) is 0 Å². The minimum absolute atomic E-state index is 1.12. The highest BCUT2D eigenvalue weighted by molar-refractivity contribution is 4.92. The first-order valence-corrected chi connectivity index (χ1v) is 13.4. The second kappa shape index (κ2) is 27.4. The molecule has 0 aliphatic heterocycles. The van der Waals surface area contributed by atoms with Gasteiger partial charge in [0.1, 0.15) is 0 Å². The molecule has 0 aromatic carbocycles. The van der Waals surface area contributed by atoms with Gasteiger partial charge in [0.05, 0.1) is 0 Å². The second-order valence-electron chi connectivity index (χ2n) is 8.81. The van der Waals surface area contributed by atoms with Gasteiger partial charge in [0, 0.05) is 0 Å². The standard InChI is InChI=1S/C28H55N/c1-3-5-7-9-11-13-14-15-16-17-18-19-20-22-24-26-28-29-27-25-23-21-12-10-8-6-4-2/h11,13,15-16,29H,3-10,12,14,17-28H2,1-2H3/b13-11-,16-15-. The summed E-state index contributed by atoms with van der Waals surface area (Å²) < 4.78 is 0. The number of allylic oxidation sites excluding steroid dienone is 4. The third-order valence-corrected chi connectivity index (χ3v) is 5.76. The van der Waals surface area contributed by atoms with E-state index in [1.54, 1.807) is 0 Å². The third kappa shape index (κ3) is 27.4. The van der Waals surface area contributed by atoms with Gasteiger partial charge >= 0.3 is 0 Å². The third-order valence-electron chi connectivity index (χ3n) is 5.76. The number of hydrogen-bond acceptors (Lipinski definition) is 1. The van der Waals surface area contributed by atoms with Crippen LogP contribution in [-0.2, 0) is 0 Å². The van der Waals surface area contributed by atoms with E-state index in [-0.39, 0.29) is 0 Å². The summed E-state index contributed by atoms with van der Waals surface area (Å²) in [5.41, 5.74) is 0. The normalized spacial score (nSPS) is 11.9. The topological polar surface area (TPSA) is 12.0 Å². The number of nitrogens with one attached hydrogen (secondary N) is 1. The van der Waals surface area contributed by atoms with Crippen LogP contribution in [0.4, 0.5) is 0 Å². The molecule has 0 aromatic rings. The van der Waals surface area contributed by atoms with Crippen molar-refractivity contribution in [1.82, 2.24) is 5.32 Å². The van der Waals surface area contributed by atoms with Crippen molar-refractivity contribution in [2.45, 2.75) is 142 Å². The molecule has 0 rings (SSSR count). The molecule has 0 saturated heterocycles. The molecule has 0 aliphatic carbocycles. The first-order chi connectivity index (χ1) is 14.4. The van der Waals surface area contributed by atoms with Gasteiger partial charge in [-0.3, -0.25) is 0 Å². The van der Waals surface area contributed by atoms with Crippen molar-refractivity contribution in [1.29, 1.82) is 0 Å². The van der Waals surface area contributed by atoms with Crippen molar-refractivity contribution in [3.8, 4) is 0 Å². The summed E-state index contributed by atoms with van der Waals surface area (Å²) in [5.74, 6) is 0. The fraction of sp³-hybridized carbons (Fsp3) is 0.857. The van der Waals surface area contributed by atoms with E-state index in [0.29, 0.717) is 0 Å². The zero-order valence-electron chi connectivity index (χ0n) is 20.4. The van der Waals surface area contributed by atoms with Gasteiger partial charge < -0.3 is 5.32 Å². The number of rotatable bonds is 24. The van der Waals surface area contributed by atoms with Gasteiger partial charge in [-0.15, -0.1) is 0 Å². The molecule has 0 atom stereocenters. The Kier molecular flexibility index (Phi) is 26.9. The highest BCUT2D eigenvalue weighted by atomic mass is 14.8. The van der Waals surface area contributed by atoms with Crippen molar-refractivity contribution in [2.75, 3.05) is 13.1 Å². The Labute approximate surface area is 185 Å². The molecule has 0 bridgehead atoms. The van der Waals surface area contributed by atoms with Gasteiger partial charge in [-0.1, -0.05) is 122 Å². The van der Waals surface area contributed by atoms with E-state index in [0.717, 1.165) is 6.42 Å². The van der Waals surface area contributed by atoms with Crippen LogP contribution in [0.1, 0.15) is 142 Å². The van der Waals surface area contributed by atoms with Crippen LogP contribution in [-0.4, -0.2) is 13.1 Å². The van der Waals surface area contributed by atoms with Gasteiger partial charge in [-0.2, -0.15) is 0 Å². The highest BCUT2D eigenvalue weighted by Gasteiger charge is 1.93. The van der Waals surface area contributed by atoms with E-state index in [2.05, 4.69) is 43.5 Å². The second-order valence-corrected chi connectivity index (χ2v) is 8.81. The monoisotopic (exact) mass is 405 g/mol. The molecule has 1 heteroatoms. The zero-order chi connectivity index (χ0) is 21.1. The molecule has 0 aliphatic rings. The highest BCUT2D eigenvalue weighted by Crippen LogP contribution is 2.09. The molecule has 0 fully saturated rings. The van der Waals surface area contributed by atoms with Gasteiger partial charge in [0.2, 0.25) is 0 Å². The minimum Gasteiger partial charge on any atom is -0.317 e. The SMILES string of the molecule is CCCCC/C=C\C/C=C\CCCCCCCCNCCCCCCCCCC. The van der Waals surface area contributed by atoms with Crippen molar-refractivity contribution in [2.24, 2.45) is 0 Å². The average Bonchev–Trinajstić information content (AvgIpc) is 2.74. The predicted octanol–water partition coefficient (Wildman–Crippen LogP) is 9.53. The summed E-state index contributed by atoms with van der Waals surface area (Å²) in [6.07, 6.45) is 36.9. The fourth-order valence-electron chi connectivity index (χ4n) is 3.75. The van der Waals surface area contributed by atoms with E-state index < -0.39 is 0 Å². The Hall–Kier alpha value is -0.560. The molecule has 1 N–H and O–H groups in total. The van der Waals surface area contributed by atoms with Gasteiger partial charge in [-0.25, -0.2) is 0 Å². The van der Waals surface area contributed by atoms with Crippen LogP contribution in [0.15, 0.2) is 24.3 Å². The van der Waals surface area contributed by atoms with E-state index in [1.165, 1.54) is 135 Å². The predicted molar refractivity (Wildman–Crippen MR) is 135 cm³/mol. The van der Waals surface area contributed by atoms with E-state index >= 15 is 0 Å². The van der Waals surface area contributed by atoms with Gasteiger partial charge in [0.25, 0.3) is 0 Å². The summed E-state index contributed by atoms with van der Waals surface area (Å²) >= 11 is 0. The van der Waals surface area contributed by atoms with Crippen molar-refractivity contribution < 1.29 is 0 Å². The molecule has 0 heterocycles. The van der Waals surface area contributed by atoms with Crippen LogP contribution in [0.25, 0.3) is 0 Å². The zero-order valence-corrected chi connectivity index (χ0v) is 20.4. The van der Waals surface area contributed by atoms with Crippen LogP contribution in [0.5, 0.6) is 0 Å². The molecule has 1 nitrogen and oxygen atoms in total. The summed E-state index contributed by atoms with van der Waals surface area (Å²) in [7, 11) is 0. The largest absolute Gasteiger partial charge is 0.317 e. The van der Waals surface area contributed by atoms with Gasteiger partial charge in [0.15, 0.2) is 0 Å². The van der Waals surface area contributed by atoms with Gasteiger partial charge in [-0.05, 0) is 58.0 Å². The summed E-state index contributed by atoms with van der Waals surface area (Å²) in [6.45, 7) is 7.02. The minimum atomic E-state index is 1.12. The Morgan fingerprint density at radius 1 is 0.414 bits per heavy atom. The summed E-state index contributed by atoms with van der Waals surface area (Å²) in [4.78, 5) is 0. The molecule has 0 amide bonds. The Morgan fingerprint density at radius 3 is 1.31 bits per heavy atom. The molecule has 0 spiro atoms. The maximum Gasteiger partial charge on any atom is -0.00489 e. The van der Waals surface area contributed by atoms with Crippen molar-refractivity contribution >= 4 is 0 Å². The molecular weight excluding hydrogens is 350 g/mol. The molecule has 0 saturated carbocycles. The number of unbranched alkanes of at least 4 members (excludes halogenated alkanes) is 16. The Bertz CT molecular complexity index is 331. The maximum absolute atomic E-state index is 3.63. The van der Waals surface area contributed by atoms with Crippen LogP contribution in [0.3, 0.4) is 0 Å². The Morgan fingerprint density at radius 2 is 0.793 bits per heavy atom. The molecule has 0 aromatic heterocycles. The van der Waals surface area contributed by atoms with Crippen molar-refractivity contribution in [3.63, 3.8) is 0 Å². The number of hydrogen-bond donors (Lipinski definition) is 1. The molecule has 0 radical (unpaired) electrons. The average molecular weight is 406 g/mol. The molecular formula is C28H55N. The quantitative estimate of drug-likeness (QED) is 0.124. The summed E-state index contributed by atoms with van der Waals surface area (Å²) in [6, 6.07) is 0. The first kappa shape index (κ1) is 28.4. The lowest BCUT2D eigenvalue weighted by molar-refractivity contribution is 0.535. The van der Waals surface area contributed by atoms with Crippen LogP contribution >= 0.6 is 0 Å². The lowest BCUT2D eigenvalue weighted by atomic mass is 10.1. The smallest absolute Gasteiger partial charge is 0.00489 e. The molecule has 29 heavy (non-hydrogen) atoms. The lowest BCUT2D eigenvalue weighted by Gasteiger charge is -2.05. The van der Waals surface area contributed by atoms with E-state index in [9.17, 15) is 0 Å². The summed E-state index contributed by atoms with van der Waals surface area (Å²) in [5, 5.41) is 3.63. The lowest BCUT2D eigenvalue weighted by Crippen LogP contribution is -2.16. The molecule has 172 valence electrons. The van der Waals surface area contributed by atoms with Crippen LogP contribution in [0, 0.1) is 0 Å². The van der Waals surface area contributed by atoms with E-state index in [1.807, 2.05) is 0 Å². The van der Waals surface area contributed by atoms with Crippen molar-refractivity contribution in [3.05, 3.63) is 24.3 Å². The van der Waals surface area contributed by atoms with Crippen LogP contribution < -0.4 is 5.32 Å². The Balaban J connectivity index is 3.09. The maximum atomic E-state index is 3.63. The molecule has 0 unspecified atom stereocenters. The van der Waals surface area contributed by atoms with Crippen LogP contribution in [0.2, 0.25) is 0 Å².